The Morgan fingerprint density at radius 3 is 2.48 bits per heavy atom. The predicted octanol–water partition coefficient (Wildman–Crippen LogP) is 3.55. The van der Waals surface area contributed by atoms with Gasteiger partial charge in [-0.25, -0.2) is 9.97 Å². The first-order valence-corrected chi connectivity index (χ1v) is 9.20. The van der Waals surface area contributed by atoms with Crippen molar-refractivity contribution in [3.8, 4) is 11.5 Å². The normalized spacial score (nSPS) is 11.6. The van der Waals surface area contributed by atoms with Gasteiger partial charge in [-0.2, -0.15) is 0 Å². The molecule has 0 unspecified atom stereocenters. The Morgan fingerprint density at radius 1 is 1.03 bits per heavy atom. The topological polar surface area (TPSA) is 95.2 Å². The lowest BCUT2D eigenvalue weighted by Crippen LogP contribution is -2.09. The first kappa shape index (κ1) is 20.1. The van der Waals surface area contributed by atoms with E-state index >= 15 is 0 Å². The number of nitrogens with one attached hydrogen (secondary N) is 1. The highest BCUT2D eigenvalue weighted by Gasteiger charge is 2.15. The third-order valence-corrected chi connectivity index (χ3v) is 4.32. The van der Waals surface area contributed by atoms with Crippen LogP contribution in [0.2, 0.25) is 0 Å². The molecular formula is C22H25N5O2. The van der Waals surface area contributed by atoms with E-state index in [-0.39, 0.29) is 0 Å². The minimum Gasteiger partial charge on any atom is -0.493 e. The number of aryl methyl sites for hydroxylation is 1. The second kappa shape index (κ2) is 9.05. The molecule has 0 saturated heterocycles. The standard InChI is InChI=1S/C22H25N5O2/c1-14-11-20(25-13-17-7-5-6-10-24-17)27-22(26-14)21(15(2)23)16-8-9-18(28-3)19(12-16)29-4/h5-12H,13,23H2,1-4H3,(H,25,26,27). The van der Waals surface area contributed by atoms with Crippen molar-refractivity contribution in [2.24, 2.45) is 5.73 Å². The molecule has 0 aliphatic heterocycles. The minimum absolute atomic E-state index is 0.542. The third kappa shape index (κ3) is 4.82. The second-order valence-electron chi connectivity index (χ2n) is 6.52. The molecule has 0 amide bonds. The number of nitrogens with zero attached hydrogens (tertiary/aromatic N) is 3. The molecule has 7 heteroatoms. The van der Waals surface area contributed by atoms with Crippen molar-refractivity contribution in [3.05, 3.63) is 77.1 Å². The lowest BCUT2D eigenvalue weighted by Gasteiger charge is -2.14. The lowest BCUT2D eigenvalue weighted by molar-refractivity contribution is 0.355. The highest BCUT2D eigenvalue weighted by atomic mass is 16.5. The second-order valence-corrected chi connectivity index (χ2v) is 6.52. The SMILES string of the molecule is COc1ccc(C(=C(C)N)c2nc(C)cc(NCc3ccccn3)n2)cc1OC. The highest BCUT2D eigenvalue weighted by Crippen LogP contribution is 2.33. The van der Waals surface area contributed by atoms with Crippen molar-refractivity contribution in [1.29, 1.82) is 0 Å². The number of hydrogen-bond donors (Lipinski definition) is 2. The van der Waals surface area contributed by atoms with E-state index in [1.54, 1.807) is 20.4 Å². The van der Waals surface area contributed by atoms with Gasteiger partial charge in [0, 0.05) is 29.2 Å². The number of pyridine rings is 1. The maximum Gasteiger partial charge on any atom is 0.164 e. The van der Waals surface area contributed by atoms with Crippen LogP contribution < -0.4 is 20.5 Å². The molecule has 29 heavy (non-hydrogen) atoms. The molecule has 3 rings (SSSR count). The van der Waals surface area contributed by atoms with Crippen LogP contribution in [-0.2, 0) is 6.54 Å². The summed E-state index contributed by atoms with van der Waals surface area (Å²) in [6.07, 6.45) is 1.77. The maximum absolute atomic E-state index is 6.23. The molecule has 150 valence electrons. The summed E-state index contributed by atoms with van der Waals surface area (Å²) in [6, 6.07) is 13.3. The summed E-state index contributed by atoms with van der Waals surface area (Å²) in [5, 5.41) is 3.31. The molecule has 7 nitrogen and oxygen atoms in total. The number of hydrogen-bond acceptors (Lipinski definition) is 7. The van der Waals surface area contributed by atoms with Gasteiger partial charge in [-0.15, -0.1) is 0 Å². The van der Waals surface area contributed by atoms with Crippen LogP contribution in [0, 0.1) is 6.92 Å². The van der Waals surface area contributed by atoms with Crippen LogP contribution in [0.4, 0.5) is 5.82 Å². The summed E-state index contributed by atoms with van der Waals surface area (Å²) in [7, 11) is 3.20. The molecule has 0 atom stereocenters. The van der Waals surface area contributed by atoms with Gasteiger partial charge in [0.2, 0.25) is 0 Å². The van der Waals surface area contributed by atoms with E-state index in [9.17, 15) is 0 Å². The molecule has 1 aromatic carbocycles. The average molecular weight is 391 g/mol. The van der Waals surface area contributed by atoms with Crippen LogP contribution >= 0.6 is 0 Å². The van der Waals surface area contributed by atoms with Gasteiger partial charge in [0.05, 0.1) is 26.5 Å². The van der Waals surface area contributed by atoms with Gasteiger partial charge in [-0.3, -0.25) is 4.98 Å². The Hall–Kier alpha value is -3.61. The van der Waals surface area contributed by atoms with Gasteiger partial charge in [0.1, 0.15) is 5.82 Å². The quantitative estimate of drug-likeness (QED) is 0.636. The third-order valence-electron chi connectivity index (χ3n) is 4.32. The molecule has 2 aromatic heterocycles. The number of methoxy groups -OCH3 is 2. The Kier molecular flexibility index (Phi) is 6.29. The summed E-state index contributed by atoms with van der Waals surface area (Å²) in [4.78, 5) is 13.6. The minimum atomic E-state index is 0.542. The molecule has 0 saturated carbocycles. The van der Waals surface area contributed by atoms with Crippen molar-refractivity contribution in [3.63, 3.8) is 0 Å². The molecule has 0 aliphatic rings. The van der Waals surface area contributed by atoms with Crippen molar-refractivity contribution in [2.45, 2.75) is 20.4 Å². The van der Waals surface area contributed by atoms with E-state index in [1.807, 2.05) is 56.3 Å². The number of benzene rings is 1. The number of anilines is 1. The molecule has 3 N–H and O–H groups in total. The van der Waals surface area contributed by atoms with Gasteiger partial charge < -0.3 is 20.5 Å². The molecular weight excluding hydrogens is 366 g/mol. The van der Waals surface area contributed by atoms with Crippen LogP contribution in [0.3, 0.4) is 0 Å². The summed E-state index contributed by atoms with van der Waals surface area (Å²) in [5.41, 5.74) is 10.2. The van der Waals surface area contributed by atoms with E-state index in [1.165, 1.54) is 0 Å². The molecule has 2 heterocycles. The monoisotopic (exact) mass is 391 g/mol. The summed E-state index contributed by atoms with van der Waals surface area (Å²) in [5.74, 6) is 2.51. The van der Waals surface area contributed by atoms with Crippen molar-refractivity contribution in [1.82, 2.24) is 15.0 Å². The number of ether oxygens (including phenoxy) is 2. The Balaban J connectivity index is 1.96. The zero-order chi connectivity index (χ0) is 20.8. The fourth-order valence-corrected chi connectivity index (χ4v) is 2.98. The van der Waals surface area contributed by atoms with Crippen LogP contribution in [-0.4, -0.2) is 29.2 Å². The Labute approximate surface area is 170 Å². The van der Waals surface area contributed by atoms with Gasteiger partial charge in [0.15, 0.2) is 17.3 Å². The highest BCUT2D eigenvalue weighted by molar-refractivity contribution is 5.79. The first-order valence-electron chi connectivity index (χ1n) is 9.20. The molecule has 3 aromatic rings. The van der Waals surface area contributed by atoms with Gasteiger partial charge in [0.25, 0.3) is 0 Å². The molecule has 0 fully saturated rings. The molecule has 0 radical (unpaired) electrons. The number of nitrogens with two attached hydrogens (primary N) is 1. The smallest absolute Gasteiger partial charge is 0.164 e. The molecule has 0 bridgehead atoms. The Bertz CT molecular complexity index is 1010. The van der Waals surface area contributed by atoms with E-state index in [4.69, 9.17) is 15.2 Å². The summed E-state index contributed by atoms with van der Waals surface area (Å²) >= 11 is 0. The van der Waals surface area contributed by atoms with E-state index in [2.05, 4.69) is 20.3 Å². The largest absolute Gasteiger partial charge is 0.493 e. The molecule has 0 aliphatic carbocycles. The van der Waals surface area contributed by atoms with Crippen molar-refractivity contribution in [2.75, 3.05) is 19.5 Å². The first-order chi connectivity index (χ1) is 14.0. The van der Waals surface area contributed by atoms with E-state index < -0.39 is 0 Å². The van der Waals surface area contributed by atoms with Crippen LogP contribution in [0.5, 0.6) is 11.5 Å². The Morgan fingerprint density at radius 2 is 1.83 bits per heavy atom. The van der Waals surface area contributed by atoms with E-state index in [0.29, 0.717) is 35.4 Å². The lowest BCUT2D eigenvalue weighted by atomic mass is 10.0. The fourth-order valence-electron chi connectivity index (χ4n) is 2.98. The summed E-state index contributed by atoms with van der Waals surface area (Å²) < 4.78 is 10.8. The average Bonchev–Trinajstić information content (AvgIpc) is 2.72. The predicted molar refractivity (Wildman–Crippen MR) is 114 cm³/mol. The van der Waals surface area contributed by atoms with Crippen molar-refractivity contribution >= 4 is 11.4 Å². The molecule has 0 spiro atoms. The van der Waals surface area contributed by atoms with E-state index in [0.717, 1.165) is 22.5 Å². The van der Waals surface area contributed by atoms with Crippen LogP contribution in [0.1, 0.15) is 29.7 Å². The number of allylic oxidation sites excluding steroid dienone is 1. The zero-order valence-electron chi connectivity index (χ0n) is 17.1. The van der Waals surface area contributed by atoms with Gasteiger partial charge in [-0.05, 0) is 43.7 Å². The van der Waals surface area contributed by atoms with Crippen LogP contribution in [0.25, 0.3) is 5.57 Å². The fraction of sp³-hybridized carbons (Fsp3) is 0.227. The number of rotatable bonds is 7. The number of aromatic nitrogens is 3. The zero-order valence-corrected chi connectivity index (χ0v) is 17.1. The summed E-state index contributed by atoms with van der Waals surface area (Å²) in [6.45, 7) is 4.32. The van der Waals surface area contributed by atoms with Crippen molar-refractivity contribution < 1.29 is 9.47 Å². The van der Waals surface area contributed by atoms with Crippen LogP contribution in [0.15, 0.2) is 54.4 Å². The maximum atomic E-state index is 6.23. The van der Waals surface area contributed by atoms with Gasteiger partial charge in [-0.1, -0.05) is 12.1 Å². The van der Waals surface area contributed by atoms with Gasteiger partial charge >= 0.3 is 0 Å².